The number of carboxylic acids is 1. The van der Waals surface area contributed by atoms with Gasteiger partial charge >= 0.3 is 12.0 Å². The van der Waals surface area contributed by atoms with Gasteiger partial charge in [0.15, 0.2) is 0 Å². The average molecular weight is 337 g/mol. The SMILES string of the molecule is CC1(C)C(=O)NC(=O)N1CC(=O)N1C(C(=O)O)CC2CCCCC21. The number of nitrogens with one attached hydrogen (secondary N) is 1. The van der Waals surface area contributed by atoms with Gasteiger partial charge in [0, 0.05) is 6.04 Å². The second-order valence-corrected chi connectivity index (χ2v) is 7.41. The molecule has 0 bridgehead atoms. The molecule has 0 spiro atoms. The molecule has 8 heteroatoms. The lowest BCUT2D eigenvalue weighted by Crippen LogP contribution is -2.53. The summed E-state index contributed by atoms with van der Waals surface area (Å²) in [6.07, 6.45) is 4.25. The lowest BCUT2D eigenvalue weighted by atomic mass is 9.85. The third-order valence-corrected chi connectivity index (χ3v) is 5.65. The number of hydrogen-bond acceptors (Lipinski definition) is 4. The minimum atomic E-state index is -1.11. The fourth-order valence-corrected chi connectivity index (χ4v) is 4.22. The van der Waals surface area contributed by atoms with E-state index in [9.17, 15) is 24.3 Å². The van der Waals surface area contributed by atoms with Crippen LogP contribution in [0.5, 0.6) is 0 Å². The molecule has 3 aliphatic rings. The second kappa shape index (κ2) is 5.75. The van der Waals surface area contributed by atoms with Crippen molar-refractivity contribution in [2.24, 2.45) is 5.92 Å². The van der Waals surface area contributed by atoms with Crippen molar-refractivity contribution in [1.29, 1.82) is 0 Å². The zero-order valence-corrected chi connectivity index (χ0v) is 13.9. The molecule has 3 unspecified atom stereocenters. The highest BCUT2D eigenvalue weighted by Crippen LogP contribution is 2.40. The van der Waals surface area contributed by atoms with Crippen molar-refractivity contribution in [3.63, 3.8) is 0 Å². The average Bonchev–Trinajstić information content (AvgIpc) is 2.99. The molecular formula is C16H23N3O5. The van der Waals surface area contributed by atoms with Crippen LogP contribution >= 0.6 is 0 Å². The van der Waals surface area contributed by atoms with Crippen molar-refractivity contribution in [3.05, 3.63) is 0 Å². The number of carbonyl (C=O) groups excluding carboxylic acids is 3. The number of likely N-dealkylation sites (tertiary alicyclic amines) is 1. The molecule has 1 saturated carbocycles. The maximum Gasteiger partial charge on any atom is 0.326 e. The number of urea groups is 1. The summed E-state index contributed by atoms with van der Waals surface area (Å²) in [6, 6.07) is -1.52. The molecule has 2 heterocycles. The van der Waals surface area contributed by atoms with Crippen LogP contribution in [0.2, 0.25) is 0 Å². The maximum absolute atomic E-state index is 12.8. The summed E-state index contributed by atoms with van der Waals surface area (Å²) in [4.78, 5) is 50.9. The van der Waals surface area contributed by atoms with Crippen molar-refractivity contribution in [2.45, 2.75) is 63.6 Å². The monoisotopic (exact) mass is 337 g/mol. The topological polar surface area (TPSA) is 107 Å². The molecule has 3 atom stereocenters. The van der Waals surface area contributed by atoms with Gasteiger partial charge in [0.1, 0.15) is 18.1 Å². The van der Waals surface area contributed by atoms with E-state index in [1.54, 1.807) is 13.8 Å². The number of carboxylic acid groups (broad SMARTS) is 1. The van der Waals surface area contributed by atoms with Crippen LogP contribution in [0, 0.1) is 5.92 Å². The van der Waals surface area contributed by atoms with Crippen LogP contribution in [-0.4, -0.2) is 62.9 Å². The molecule has 132 valence electrons. The Kier molecular flexibility index (Phi) is 4.01. The first-order valence-electron chi connectivity index (χ1n) is 8.40. The first-order valence-corrected chi connectivity index (χ1v) is 8.40. The van der Waals surface area contributed by atoms with Gasteiger partial charge in [-0.1, -0.05) is 12.8 Å². The van der Waals surface area contributed by atoms with E-state index in [1.165, 1.54) is 9.80 Å². The zero-order chi connectivity index (χ0) is 17.6. The molecule has 2 N–H and O–H groups in total. The number of fused-ring (bicyclic) bond motifs is 1. The van der Waals surface area contributed by atoms with Gasteiger partial charge in [-0.15, -0.1) is 0 Å². The molecule has 0 radical (unpaired) electrons. The van der Waals surface area contributed by atoms with E-state index < -0.39 is 35.4 Å². The van der Waals surface area contributed by atoms with Gasteiger partial charge in [-0.25, -0.2) is 9.59 Å². The molecule has 0 aromatic heterocycles. The number of amides is 4. The van der Waals surface area contributed by atoms with Crippen molar-refractivity contribution in [2.75, 3.05) is 6.54 Å². The predicted octanol–water partition coefficient (Wildman–Crippen LogP) is 0.561. The highest BCUT2D eigenvalue weighted by atomic mass is 16.4. The first kappa shape index (κ1) is 16.7. The van der Waals surface area contributed by atoms with Crippen LogP contribution in [0.15, 0.2) is 0 Å². The Bertz CT molecular complexity index is 603. The van der Waals surface area contributed by atoms with Crippen molar-refractivity contribution in [3.8, 4) is 0 Å². The summed E-state index contributed by atoms with van der Waals surface area (Å²) in [5.41, 5.74) is -1.11. The van der Waals surface area contributed by atoms with E-state index in [2.05, 4.69) is 5.32 Å². The van der Waals surface area contributed by atoms with Gasteiger partial charge in [0.25, 0.3) is 5.91 Å². The molecule has 24 heavy (non-hydrogen) atoms. The molecule has 2 saturated heterocycles. The van der Waals surface area contributed by atoms with Gasteiger partial charge in [0.05, 0.1) is 0 Å². The lowest BCUT2D eigenvalue weighted by Gasteiger charge is -2.35. The first-order chi connectivity index (χ1) is 11.2. The predicted molar refractivity (Wildman–Crippen MR) is 83.0 cm³/mol. The largest absolute Gasteiger partial charge is 0.480 e. The van der Waals surface area contributed by atoms with Crippen LogP contribution in [0.25, 0.3) is 0 Å². The standard InChI is InChI=1S/C16H23N3O5/c1-16(2)14(23)17-15(24)18(16)8-12(20)19-10-6-4-3-5-9(10)7-11(19)13(21)22/h9-11H,3-8H2,1-2H3,(H,21,22)(H,17,23,24). The normalized spacial score (nSPS) is 31.8. The molecule has 8 nitrogen and oxygen atoms in total. The fourth-order valence-electron chi connectivity index (χ4n) is 4.22. The summed E-state index contributed by atoms with van der Waals surface area (Å²) in [5.74, 6) is -1.63. The third-order valence-electron chi connectivity index (χ3n) is 5.65. The Hall–Kier alpha value is -2.12. The lowest BCUT2D eigenvalue weighted by molar-refractivity contribution is -0.150. The molecular weight excluding hydrogens is 314 g/mol. The summed E-state index contributed by atoms with van der Waals surface area (Å²) < 4.78 is 0. The van der Waals surface area contributed by atoms with Crippen molar-refractivity contribution in [1.82, 2.24) is 15.1 Å². The number of rotatable bonds is 3. The van der Waals surface area contributed by atoms with Crippen molar-refractivity contribution >= 4 is 23.8 Å². The molecule has 1 aliphatic carbocycles. The van der Waals surface area contributed by atoms with Gasteiger partial charge in [-0.3, -0.25) is 14.9 Å². The number of imide groups is 1. The number of hydrogen-bond donors (Lipinski definition) is 2. The highest BCUT2D eigenvalue weighted by molar-refractivity contribution is 6.07. The molecule has 3 fully saturated rings. The number of aliphatic carboxylic acids is 1. The van der Waals surface area contributed by atoms with Crippen LogP contribution in [0.1, 0.15) is 46.0 Å². The smallest absolute Gasteiger partial charge is 0.326 e. The van der Waals surface area contributed by atoms with Gasteiger partial charge in [-0.2, -0.15) is 0 Å². The minimum absolute atomic E-state index is 0.0724. The molecule has 4 amide bonds. The van der Waals surface area contributed by atoms with Gasteiger partial charge in [-0.05, 0) is 39.0 Å². The Morgan fingerprint density at radius 1 is 1.25 bits per heavy atom. The molecule has 2 aliphatic heterocycles. The van der Waals surface area contributed by atoms with E-state index in [1.807, 2.05) is 0 Å². The van der Waals surface area contributed by atoms with Crippen LogP contribution in [0.4, 0.5) is 4.79 Å². The van der Waals surface area contributed by atoms with E-state index in [-0.39, 0.29) is 18.5 Å². The summed E-state index contributed by atoms with van der Waals surface area (Å²) >= 11 is 0. The van der Waals surface area contributed by atoms with Crippen LogP contribution in [-0.2, 0) is 14.4 Å². The minimum Gasteiger partial charge on any atom is -0.480 e. The number of carbonyl (C=O) groups is 4. The van der Waals surface area contributed by atoms with Crippen LogP contribution in [0.3, 0.4) is 0 Å². The molecule has 0 aromatic rings. The Morgan fingerprint density at radius 2 is 1.92 bits per heavy atom. The summed E-state index contributed by atoms with van der Waals surface area (Å²) in [6.45, 7) is 2.86. The fraction of sp³-hybridized carbons (Fsp3) is 0.750. The Labute approximate surface area is 140 Å². The summed E-state index contributed by atoms with van der Waals surface area (Å²) in [7, 11) is 0. The van der Waals surface area contributed by atoms with E-state index >= 15 is 0 Å². The third kappa shape index (κ3) is 2.53. The van der Waals surface area contributed by atoms with E-state index in [4.69, 9.17) is 0 Å². The van der Waals surface area contributed by atoms with Gasteiger partial charge in [0.2, 0.25) is 5.91 Å². The number of nitrogens with zero attached hydrogens (tertiary/aromatic N) is 2. The Balaban J connectivity index is 1.81. The van der Waals surface area contributed by atoms with Gasteiger partial charge < -0.3 is 14.9 Å². The molecule has 0 aromatic carbocycles. The van der Waals surface area contributed by atoms with Crippen molar-refractivity contribution < 1.29 is 24.3 Å². The van der Waals surface area contributed by atoms with Crippen LogP contribution < -0.4 is 5.32 Å². The molecule has 3 rings (SSSR count). The maximum atomic E-state index is 12.8. The Morgan fingerprint density at radius 3 is 2.50 bits per heavy atom. The highest BCUT2D eigenvalue weighted by Gasteiger charge is 2.51. The summed E-state index contributed by atoms with van der Waals surface area (Å²) in [5, 5.41) is 11.7. The zero-order valence-electron chi connectivity index (χ0n) is 13.9. The van der Waals surface area contributed by atoms with E-state index in [0.717, 1.165) is 25.7 Å². The quantitative estimate of drug-likeness (QED) is 0.732. The second-order valence-electron chi connectivity index (χ2n) is 7.41. The van der Waals surface area contributed by atoms with E-state index in [0.29, 0.717) is 6.42 Å².